The van der Waals surface area contributed by atoms with E-state index in [0.29, 0.717) is 41.2 Å². The van der Waals surface area contributed by atoms with E-state index in [2.05, 4.69) is 0 Å². The first-order chi connectivity index (χ1) is 24.1. The predicted octanol–water partition coefficient (Wildman–Crippen LogP) is 7.57. The van der Waals surface area contributed by atoms with Crippen molar-refractivity contribution in [3.63, 3.8) is 0 Å². The summed E-state index contributed by atoms with van der Waals surface area (Å²) in [5, 5.41) is 27.8. The Balaban J connectivity index is 0.000000392. The van der Waals surface area contributed by atoms with Gasteiger partial charge in [0.05, 0.1) is 35.0 Å². The molecule has 3 aromatic carbocycles. The summed E-state index contributed by atoms with van der Waals surface area (Å²) in [6.07, 6.45) is 3.27. The molecule has 0 aliphatic rings. The number of carbonyl (C=O) groups is 6. The Morgan fingerprint density at radius 1 is 0.647 bits per heavy atom. The maximum atomic E-state index is 12.2. The Kier molecular flexibility index (Phi) is 19.6. The first-order valence-electron chi connectivity index (χ1n) is 16.7. The SMILES string of the molecule is CCC(C)OC(=O)C=C(C(=O)O)c1ccccc1.CCC(C)OC(=O)CCCC(=O)O.CCC(C)OC(=O)c1cccc2cccc(C(=O)O)c12. The van der Waals surface area contributed by atoms with E-state index in [1.807, 2.05) is 27.7 Å². The Labute approximate surface area is 298 Å². The van der Waals surface area contributed by atoms with Gasteiger partial charge >= 0.3 is 35.8 Å². The summed E-state index contributed by atoms with van der Waals surface area (Å²) < 4.78 is 15.3. The van der Waals surface area contributed by atoms with Crippen molar-refractivity contribution < 1.29 is 58.3 Å². The van der Waals surface area contributed by atoms with E-state index < -0.39 is 29.8 Å². The number of carboxylic acids is 3. The van der Waals surface area contributed by atoms with Crippen LogP contribution in [0.3, 0.4) is 0 Å². The molecule has 0 aliphatic carbocycles. The van der Waals surface area contributed by atoms with E-state index in [1.54, 1.807) is 74.5 Å². The van der Waals surface area contributed by atoms with Crippen molar-refractivity contribution >= 4 is 52.2 Å². The maximum absolute atomic E-state index is 12.2. The van der Waals surface area contributed by atoms with Crippen molar-refractivity contribution in [2.45, 2.75) is 98.4 Å². The number of aromatic carboxylic acids is 1. The normalized spacial score (nSPS) is 12.4. The minimum Gasteiger partial charge on any atom is -0.481 e. The maximum Gasteiger partial charge on any atom is 0.339 e. The van der Waals surface area contributed by atoms with Crippen molar-refractivity contribution in [2.75, 3.05) is 0 Å². The zero-order valence-electron chi connectivity index (χ0n) is 29.9. The van der Waals surface area contributed by atoms with Crippen LogP contribution in [0.25, 0.3) is 16.3 Å². The van der Waals surface area contributed by atoms with E-state index in [-0.39, 0.29) is 48.3 Å². The molecule has 0 saturated carbocycles. The second-order valence-corrected chi connectivity index (χ2v) is 11.5. The summed E-state index contributed by atoms with van der Waals surface area (Å²) in [4.78, 5) is 67.2. The van der Waals surface area contributed by atoms with Crippen molar-refractivity contribution in [1.29, 1.82) is 0 Å². The van der Waals surface area contributed by atoms with Crippen LogP contribution in [0.5, 0.6) is 0 Å². The highest BCUT2D eigenvalue weighted by Crippen LogP contribution is 2.24. The molecule has 0 bridgehead atoms. The molecule has 3 atom stereocenters. The molecule has 0 fully saturated rings. The van der Waals surface area contributed by atoms with Gasteiger partial charge in [0.15, 0.2) is 0 Å². The fourth-order valence-corrected chi connectivity index (χ4v) is 4.09. The van der Waals surface area contributed by atoms with Crippen LogP contribution in [0.1, 0.15) is 106 Å². The second kappa shape index (κ2) is 23.0. The highest BCUT2D eigenvalue weighted by atomic mass is 16.5. The molecule has 0 heterocycles. The number of hydrogen-bond donors (Lipinski definition) is 3. The number of benzene rings is 3. The monoisotopic (exact) mass is 708 g/mol. The third-order valence-corrected chi connectivity index (χ3v) is 7.39. The topological polar surface area (TPSA) is 191 Å². The van der Waals surface area contributed by atoms with E-state index >= 15 is 0 Å². The molecule has 0 radical (unpaired) electrons. The Bertz CT molecular complexity index is 1640. The number of carbonyl (C=O) groups excluding carboxylic acids is 3. The highest BCUT2D eigenvalue weighted by Gasteiger charge is 2.19. The number of aliphatic carboxylic acids is 2. The lowest BCUT2D eigenvalue weighted by atomic mass is 9.99. The first-order valence-corrected chi connectivity index (χ1v) is 16.7. The number of fused-ring (bicyclic) bond motifs is 1. The quantitative estimate of drug-likeness (QED) is 0.0798. The van der Waals surface area contributed by atoms with Crippen LogP contribution in [0.4, 0.5) is 0 Å². The molecule has 12 heteroatoms. The molecule has 3 aromatic rings. The number of hydrogen-bond acceptors (Lipinski definition) is 9. The van der Waals surface area contributed by atoms with Gasteiger partial charge in [0.2, 0.25) is 0 Å². The van der Waals surface area contributed by atoms with Crippen molar-refractivity contribution in [1.82, 2.24) is 0 Å². The third-order valence-electron chi connectivity index (χ3n) is 7.39. The van der Waals surface area contributed by atoms with Crippen molar-refractivity contribution in [3.05, 3.63) is 89.5 Å². The van der Waals surface area contributed by atoms with Crippen molar-refractivity contribution in [2.24, 2.45) is 0 Å². The average molecular weight is 709 g/mol. The summed E-state index contributed by atoms with van der Waals surface area (Å²) in [5.74, 6) is -4.52. The van der Waals surface area contributed by atoms with Crippen LogP contribution in [0.2, 0.25) is 0 Å². The van der Waals surface area contributed by atoms with Crippen LogP contribution in [0, 0.1) is 0 Å². The lowest BCUT2D eigenvalue weighted by Crippen LogP contribution is -2.15. The lowest BCUT2D eigenvalue weighted by molar-refractivity contribution is -0.148. The van der Waals surface area contributed by atoms with Gasteiger partial charge in [-0.1, -0.05) is 75.4 Å². The van der Waals surface area contributed by atoms with Crippen molar-refractivity contribution in [3.8, 4) is 0 Å². The Morgan fingerprint density at radius 3 is 1.69 bits per heavy atom. The Morgan fingerprint density at radius 2 is 1.18 bits per heavy atom. The smallest absolute Gasteiger partial charge is 0.339 e. The summed E-state index contributed by atoms with van der Waals surface area (Å²) in [5.41, 5.74) is 0.815. The first kappa shape index (κ1) is 43.5. The second-order valence-electron chi connectivity index (χ2n) is 11.5. The van der Waals surface area contributed by atoms with Crippen LogP contribution in [-0.4, -0.2) is 69.4 Å². The number of carboxylic acid groups (broad SMARTS) is 3. The molecule has 3 rings (SSSR count). The Hall–Kier alpha value is -5.52. The van der Waals surface area contributed by atoms with Crippen LogP contribution in [0.15, 0.2) is 72.8 Å². The molecular weight excluding hydrogens is 660 g/mol. The van der Waals surface area contributed by atoms with E-state index in [1.165, 1.54) is 6.07 Å². The average Bonchev–Trinajstić information content (AvgIpc) is 3.10. The van der Waals surface area contributed by atoms with Crippen LogP contribution in [-0.2, 0) is 33.4 Å². The number of esters is 3. The van der Waals surface area contributed by atoms with Gasteiger partial charge < -0.3 is 29.5 Å². The summed E-state index contributed by atoms with van der Waals surface area (Å²) in [7, 11) is 0. The molecule has 0 aromatic heterocycles. The minimum absolute atomic E-state index is 0.0234. The van der Waals surface area contributed by atoms with Gasteiger partial charge in [-0.2, -0.15) is 0 Å². The number of ether oxygens (including phenoxy) is 3. The largest absolute Gasteiger partial charge is 0.481 e. The molecule has 0 spiro atoms. The molecule has 0 saturated heterocycles. The van der Waals surface area contributed by atoms with Gasteiger partial charge in [0, 0.05) is 24.3 Å². The molecule has 12 nitrogen and oxygen atoms in total. The van der Waals surface area contributed by atoms with Gasteiger partial charge in [-0.15, -0.1) is 0 Å². The zero-order valence-corrected chi connectivity index (χ0v) is 29.9. The van der Waals surface area contributed by atoms with E-state index in [9.17, 15) is 33.9 Å². The molecule has 276 valence electrons. The van der Waals surface area contributed by atoms with Gasteiger partial charge in [-0.05, 0) is 69.5 Å². The zero-order chi connectivity index (χ0) is 38.5. The van der Waals surface area contributed by atoms with E-state index in [4.69, 9.17) is 24.4 Å². The molecule has 0 amide bonds. The number of rotatable bonds is 15. The van der Waals surface area contributed by atoms with E-state index in [0.717, 1.165) is 12.5 Å². The summed E-state index contributed by atoms with van der Waals surface area (Å²) in [6, 6.07) is 18.5. The van der Waals surface area contributed by atoms with Gasteiger partial charge in [0.1, 0.15) is 0 Å². The van der Waals surface area contributed by atoms with Crippen LogP contribution >= 0.6 is 0 Å². The molecule has 0 aliphatic heterocycles. The molecular formula is C39H48O12. The fraction of sp³-hybridized carbons (Fsp3) is 0.385. The van der Waals surface area contributed by atoms with Crippen LogP contribution < -0.4 is 0 Å². The molecule has 3 unspecified atom stereocenters. The lowest BCUT2D eigenvalue weighted by Gasteiger charge is -2.13. The minimum atomic E-state index is -1.15. The van der Waals surface area contributed by atoms with Gasteiger partial charge in [-0.25, -0.2) is 19.2 Å². The van der Waals surface area contributed by atoms with Gasteiger partial charge in [-0.3, -0.25) is 9.59 Å². The predicted molar refractivity (Wildman–Crippen MR) is 191 cm³/mol. The summed E-state index contributed by atoms with van der Waals surface area (Å²) in [6.45, 7) is 11.1. The summed E-state index contributed by atoms with van der Waals surface area (Å²) >= 11 is 0. The molecule has 51 heavy (non-hydrogen) atoms. The highest BCUT2D eigenvalue weighted by molar-refractivity contribution is 6.19. The fourth-order valence-electron chi connectivity index (χ4n) is 4.09. The third kappa shape index (κ3) is 16.2. The van der Waals surface area contributed by atoms with Gasteiger partial charge in [0.25, 0.3) is 0 Å². The molecule has 3 N–H and O–H groups in total. The standard InChI is InChI=1S/C16H16O4.C14H16O4.C9H16O4/c1-3-10(2)20-16(19)13-9-5-7-11-6-4-8-12(14(11)13)15(17)18;1-3-10(2)18-13(15)9-12(14(16)17)11-7-5-4-6-8-11;1-3-7(2)13-9(12)6-4-5-8(10)11/h4-10H,3H2,1-2H3,(H,17,18);4-10H,3H2,1-2H3,(H,16,17);7H,3-6H2,1-2H3,(H,10,11).